The van der Waals surface area contributed by atoms with Crippen LogP contribution in [0.25, 0.3) is 11.0 Å². The van der Waals surface area contributed by atoms with E-state index in [1.54, 1.807) is 26.0 Å². The molecule has 0 saturated carbocycles. The monoisotopic (exact) mass is 302 g/mol. The molecule has 2 rings (SSSR count). The van der Waals surface area contributed by atoms with Crippen molar-refractivity contribution in [1.82, 2.24) is 0 Å². The van der Waals surface area contributed by atoms with Gasteiger partial charge in [-0.1, -0.05) is 13.8 Å². The van der Waals surface area contributed by atoms with Crippen molar-refractivity contribution in [2.24, 2.45) is 5.92 Å². The molecule has 0 atom stereocenters. The second-order valence-electron chi connectivity index (χ2n) is 5.49. The van der Waals surface area contributed by atoms with Crippen LogP contribution in [0, 0.1) is 5.92 Å². The van der Waals surface area contributed by atoms with Crippen LogP contribution in [0.5, 0.6) is 5.75 Å². The molecule has 0 aliphatic rings. The number of fused-ring (bicyclic) bond motifs is 1. The summed E-state index contributed by atoms with van der Waals surface area (Å²) in [5, 5.41) is 0.199. The van der Waals surface area contributed by atoms with Crippen LogP contribution in [0.15, 0.2) is 27.4 Å². The molecular weight excluding hydrogens is 284 g/mol. The van der Waals surface area contributed by atoms with Gasteiger partial charge in [0.2, 0.25) is 0 Å². The zero-order chi connectivity index (χ0) is 16.4. The predicted molar refractivity (Wildman–Crippen MR) is 82.6 cm³/mol. The standard InChI is InChI=1S/C17H18O5/c1-9(2)16(20)12-5-6-14(21-4)17-15(12)13(19)8-11(22-17)7-10(3)18/h5-6,8-9H,7H2,1-4H3. The highest BCUT2D eigenvalue weighted by molar-refractivity contribution is 6.08. The maximum absolute atomic E-state index is 12.4. The van der Waals surface area contributed by atoms with E-state index < -0.39 is 0 Å². The van der Waals surface area contributed by atoms with Gasteiger partial charge in [-0.15, -0.1) is 0 Å². The van der Waals surface area contributed by atoms with Gasteiger partial charge in [-0.3, -0.25) is 14.4 Å². The van der Waals surface area contributed by atoms with Crippen LogP contribution in [0.2, 0.25) is 0 Å². The fourth-order valence-electron chi connectivity index (χ4n) is 2.30. The molecule has 0 radical (unpaired) electrons. The minimum Gasteiger partial charge on any atom is -0.493 e. The SMILES string of the molecule is COc1ccc(C(=O)C(C)C)c2c(=O)cc(CC(C)=O)oc12. The smallest absolute Gasteiger partial charge is 0.193 e. The Morgan fingerprint density at radius 3 is 2.50 bits per heavy atom. The van der Waals surface area contributed by atoms with Crippen LogP contribution < -0.4 is 10.2 Å². The number of ketones is 2. The van der Waals surface area contributed by atoms with Crippen LogP contribution in [0.4, 0.5) is 0 Å². The molecule has 116 valence electrons. The fourth-order valence-corrected chi connectivity index (χ4v) is 2.30. The first-order chi connectivity index (χ1) is 10.3. The molecule has 5 heteroatoms. The van der Waals surface area contributed by atoms with Gasteiger partial charge in [0.25, 0.3) is 0 Å². The van der Waals surface area contributed by atoms with Crippen molar-refractivity contribution >= 4 is 22.5 Å². The van der Waals surface area contributed by atoms with E-state index in [0.717, 1.165) is 0 Å². The zero-order valence-corrected chi connectivity index (χ0v) is 13.1. The highest BCUT2D eigenvalue weighted by atomic mass is 16.5. The largest absolute Gasteiger partial charge is 0.493 e. The first-order valence-electron chi connectivity index (χ1n) is 7.02. The summed E-state index contributed by atoms with van der Waals surface area (Å²) in [7, 11) is 1.45. The molecule has 0 N–H and O–H groups in total. The summed E-state index contributed by atoms with van der Waals surface area (Å²) in [6.07, 6.45) is 0.0245. The van der Waals surface area contributed by atoms with E-state index in [2.05, 4.69) is 0 Å². The molecule has 22 heavy (non-hydrogen) atoms. The van der Waals surface area contributed by atoms with E-state index in [-0.39, 0.29) is 46.1 Å². The maximum atomic E-state index is 12.4. The number of carbonyl (C=O) groups is 2. The lowest BCUT2D eigenvalue weighted by atomic mass is 9.97. The molecule has 0 amide bonds. The van der Waals surface area contributed by atoms with Crippen LogP contribution in [0.1, 0.15) is 36.9 Å². The molecule has 1 aromatic heterocycles. The first kappa shape index (κ1) is 15.9. The quantitative estimate of drug-likeness (QED) is 0.794. The number of carbonyl (C=O) groups excluding carboxylic acids is 2. The summed E-state index contributed by atoms with van der Waals surface area (Å²) in [5.74, 6) is 0.123. The molecule has 1 aromatic carbocycles. The van der Waals surface area contributed by atoms with Crippen LogP contribution in [-0.4, -0.2) is 18.7 Å². The van der Waals surface area contributed by atoms with E-state index in [9.17, 15) is 14.4 Å². The Bertz CT molecular complexity index is 799. The molecule has 1 heterocycles. The Hall–Kier alpha value is -2.43. The lowest BCUT2D eigenvalue weighted by Crippen LogP contribution is -2.14. The van der Waals surface area contributed by atoms with E-state index in [4.69, 9.17) is 9.15 Å². The van der Waals surface area contributed by atoms with Crippen molar-refractivity contribution in [3.05, 3.63) is 39.7 Å². The van der Waals surface area contributed by atoms with Gasteiger partial charge >= 0.3 is 0 Å². The van der Waals surface area contributed by atoms with Crippen molar-refractivity contribution in [1.29, 1.82) is 0 Å². The zero-order valence-electron chi connectivity index (χ0n) is 13.1. The molecule has 0 fully saturated rings. The highest BCUT2D eigenvalue weighted by Crippen LogP contribution is 2.28. The Morgan fingerprint density at radius 2 is 1.95 bits per heavy atom. The summed E-state index contributed by atoms with van der Waals surface area (Å²) >= 11 is 0. The molecule has 0 aliphatic heterocycles. The third kappa shape index (κ3) is 2.93. The Morgan fingerprint density at radius 1 is 1.27 bits per heavy atom. The second-order valence-corrected chi connectivity index (χ2v) is 5.49. The van der Waals surface area contributed by atoms with Crippen LogP contribution in [-0.2, 0) is 11.2 Å². The molecule has 2 aromatic rings. The average Bonchev–Trinajstić information content (AvgIpc) is 2.44. The molecule has 0 spiro atoms. The molecule has 5 nitrogen and oxygen atoms in total. The normalized spacial score (nSPS) is 11.0. The summed E-state index contributed by atoms with van der Waals surface area (Å²) < 4.78 is 10.9. The van der Waals surface area contributed by atoms with E-state index in [1.807, 2.05) is 0 Å². The molecule has 0 aliphatic carbocycles. The van der Waals surface area contributed by atoms with E-state index >= 15 is 0 Å². The lowest BCUT2D eigenvalue weighted by molar-refractivity contribution is -0.116. The van der Waals surface area contributed by atoms with Crippen LogP contribution >= 0.6 is 0 Å². The minimum absolute atomic E-state index is 0.0245. The van der Waals surface area contributed by atoms with Crippen molar-refractivity contribution in [3.63, 3.8) is 0 Å². The summed E-state index contributed by atoms with van der Waals surface area (Å²) in [5.41, 5.74) is 0.173. The summed E-state index contributed by atoms with van der Waals surface area (Å²) in [6.45, 7) is 4.95. The number of ether oxygens (including phenoxy) is 1. The van der Waals surface area contributed by atoms with E-state index in [0.29, 0.717) is 11.3 Å². The van der Waals surface area contributed by atoms with Crippen molar-refractivity contribution < 1.29 is 18.7 Å². The number of Topliss-reactive ketones (excluding diaryl/α,β-unsaturated/α-hetero) is 2. The summed E-state index contributed by atoms with van der Waals surface area (Å²) in [6, 6.07) is 4.43. The molecule has 0 bridgehead atoms. The fraction of sp³-hybridized carbons (Fsp3) is 0.353. The van der Waals surface area contributed by atoms with Crippen LogP contribution in [0.3, 0.4) is 0 Å². The lowest BCUT2D eigenvalue weighted by Gasteiger charge is -2.11. The molecule has 0 saturated heterocycles. The summed E-state index contributed by atoms with van der Waals surface area (Å²) in [4.78, 5) is 35.9. The van der Waals surface area contributed by atoms with Crippen molar-refractivity contribution in [3.8, 4) is 5.75 Å². The van der Waals surface area contributed by atoms with Gasteiger partial charge in [0.05, 0.1) is 18.9 Å². The number of rotatable bonds is 5. The van der Waals surface area contributed by atoms with E-state index in [1.165, 1.54) is 20.1 Å². The molecular formula is C17H18O5. The third-order valence-electron chi connectivity index (χ3n) is 3.33. The van der Waals surface area contributed by atoms with Gasteiger partial charge in [0, 0.05) is 17.5 Å². The Labute approximate surface area is 127 Å². The second kappa shape index (κ2) is 6.13. The third-order valence-corrected chi connectivity index (χ3v) is 3.33. The Kier molecular flexibility index (Phi) is 4.45. The van der Waals surface area contributed by atoms with Crippen molar-refractivity contribution in [2.45, 2.75) is 27.2 Å². The number of hydrogen-bond donors (Lipinski definition) is 0. The van der Waals surface area contributed by atoms with Gasteiger partial charge in [-0.05, 0) is 19.1 Å². The number of methoxy groups -OCH3 is 1. The topological polar surface area (TPSA) is 73.6 Å². The van der Waals surface area contributed by atoms with Gasteiger partial charge in [-0.25, -0.2) is 0 Å². The Balaban J connectivity index is 2.80. The highest BCUT2D eigenvalue weighted by Gasteiger charge is 2.20. The van der Waals surface area contributed by atoms with Gasteiger partial charge < -0.3 is 9.15 Å². The predicted octanol–water partition coefficient (Wildman–Crippen LogP) is 2.77. The van der Waals surface area contributed by atoms with Gasteiger partial charge in [0.15, 0.2) is 22.5 Å². The van der Waals surface area contributed by atoms with Crippen molar-refractivity contribution in [2.75, 3.05) is 7.11 Å². The number of hydrogen-bond acceptors (Lipinski definition) is 5. The minimum atomic E-state index is -0.347. The van der Waals surface area contributed by atoms with Gasteiger partial charge in [0.1, 0.15) is 11.5 Å². The van der Waals surface area contributed by atoms with Gasteiger partial charge in [-0.2, -0.15) is 0 Å². The number of benzene rings is 1. The first-order valence-corrected chi connectivity index (χ1v) is 7.02. The average molecular weight is 302 g/mol. The maximum Gasteiger partial charge on any atom is 0.193 e. The molecule has 0 unspecified atom stereocenters.